The van der Waals surface area contributed by atoms with Crippen LogP contribution in [0.3, 0.4) is 0 Å². The van der Waals surface area contributed by atoms with E-state index < -0.39 is 22.1 Å². The minimum absolute atomic E-state index is 0.284. The Labute approximate surface area is 134 Å². The Morgan fingerprint density at radius 2 is 1.74 bits per heavy atom. The number of halogens is 1. The van der Waals surface area contributed by atoms with Gasteiger partial charge >= 0.3 is 135 Å². The van der Waals surface area contributed by atoms with Crippen molar-refractivity contribution in [1.29, 1.82) is 0 Å². The van der Waals surface area contributed by atoms with E-state index in [9.17, 15) is 0 Å². The molecule has 104 valence electrons. The first kappa shape index (κ1) is 17.6. The van der Waals surface area contributed by atoms with Gasteiger partial charge < -0.3 is 0 Å². The second kappa shape index (κ2) is 8.11. The van der Waals surface area contributed by atoms with Crippen molar-refractivity contribution in [3.8, 4) is 0 Å². The first-order valence-corrected chi connectivity index (χ1v) is 22.7. The molecule has 1 unspecified atom stereocenters. The van der Waals surface area contributed by atoms with Gasteiger partial charge in [-0.05, 0) is 0 Å². The number of hydrogen-bond acceptors (Lipinski definition) is 2. The van der Waals surface area contributed by atoms with Crippen molar-refractivity contribution in [3.05, 3.63) is 35.9 Å². The van der Waals surface area contributed by atoms with Gasteiger partial charge in [0.2, 0.25) is 0 Å². The van der Waals surface area contributed by atoms with Crippen molar-refractivity contribution in [3.63, 3.8) is 0 Å². The molecule has 0 heterocycles. The molecule has 0 aliphatic heterocycles. The van der Waals surface area contributed by atoms with Crippen LogP contribution in [-0.4, -0.2) is 5.60 Å². The molecule has 0 saturated carbocycles. The second-order valence-electron chi connectivity index (χ2n) is 5.79. The average Bonchev–Trinajstić information content (AvgIpc) is 2.40. The van der Waals surface area contributed by atoms with Crippen molar-refractivity contribution in [2.45, 2.75) is 55.7 Å². The van der Waals surface area contributed by atoms with Crippen molar-refractivity contribution >= 4 is 11.9 Å². The van der Waals surface area contributed by atoms with Crippen LogP contribution in [0.1, 0.15) is 46.1 Å². The Kier molecular flexibility index (Phi) is 7.51. The van der Waals surface area contributed by atoms with Crippen LogP contribution >= 0.6 is 11.9 Å². The third-order valence-electron chi connectivity index (χ3n) is 3.04. The van der Waals surface area contributed by atoms with Gasteiger partial charge in [-0.25, -0.2) is 0 Å². The summed E-state index contributed by atoms with van der Waals surface area (Å²) in [6, 6.07) is 10.5. The first-order chi connectivity index (χ1) is 8.93. The molecule has 0 aliphatic carbocycles. The van der Waals surface area contributed by atoms with E-state index in [0.717, 1.165) is 12.8 Å². The van der Waals surface area contributed by atoms with E-state index in [-0.39, 0.29) is 11.2 Å². The summed E-state index contributed by atoms with van der Waals surface area (Å²) in [5.74, 6) is 0. The zero-order valence-corrected chi connectivity index (χ0v) is 19.5. The molecule has 4 heteroatoms. The molecule has 0 amide bonds. The number of rotatable bonds is 7. The minimum atomic E-state index is -0.830. The first-order valence-electron chi connectivity index (χ1n) is 6.92. The van der Waals surface area contributed by atoms with Crippen LogP contribution in [0.5, 0.6) is 0 Å². The topological polar surface area (TPSA) is 18.5 Å². The summed E-state index contributed by atoms with van der Waals surface area (Å²) >= 11 is 2.89. The molecular weight excluding hydrogens is 493 g/mol. The molecule has 1 aromatic rings. The molecule has 0 fully saturated rings. The van der Waals surface area contributed by atoms with E-state index in [4.69, 9.17) is 9.78 Å². The predicted octanol–water partition coefficient (Wildman–Crippen LogP) is 5.24. The Morgan fingerprint density at radius 3 is 2.21 bits per heavy atom. The van der Waals surface area contributed by atoms with Crippen LogP contribution in [0.25, 0.3) is 0 Å². The molecule has 19 heavy (non-hydrogen) atoms. The van der Waals surface area contributed by atoms with Gasteiger partial charge in [0.1, 0.15) is 0 Å². The van der Waals surface area contributed by atoms with E-state index in [1.807, 2.05) is 26.8 Å². The maximum absolute atomic E-state index is 5.95. The molecule has 0 radical (unpaired) electrons. The quantitative estimate of drug-likeness (QED) is 0.281. The van der Waals surface area contributed by atoms with Gasteiger partial charge in [0.15, 0.2) is 0 Å². The van der Waals surface area contributed by atoms with Gasteiger partial charge in [0, 0.05) is 0 Å². The standard InChI is InChI=1S/C15H23O2.BrH.Hg/c1-6-15(7-2,17-16-14(3,4)5)13-11-9-8-10-12-13;;/h8-12H,1,6-7H2,2-5H3;1H;/q;;+1/p-1. The Morgan fingerprint density at radius 1 is 1.11 bits per heavy atom. The fourth-order valence-electron chi connectivity index (χ4n) is 1.97. The number of benzene rings is 1. The SMILES string of the molecule is CCC(C[CH2][Hg][Br])(OOC(C)(C)C)c1ccccc1. The van der Waals surface area contributed by atoms with Gasteiger partial charge in [-0.1, -0.05) is 0 Å². The van der Waals surface area contributed by atoms with Crippen molar-refractivity contribution in [1.82, 2.24) is 0 Å². The third-order valence-corrected chi connectivity index (χ3v) is 10.4. The van der Waals surface area contributed by atoms with Crippen LogP contribution < -0.4 is 0 Å². The summed E-state index contributed by atoms with van der Waals surface area (Å²) in [5, 5.41) is 0. The maximum atomic E-state index is 5.95. The van der Waals surface area contributed by atoms with E-state index >= 15 is 0 Å². The van der Waals surface area contributed by atoms with Crippen LogP contribution in [-0.2, 0) is 37.5 Å². The molecule has 1 atom stereocenters. The molecule has 0 aliphatic rings. The van der Waals surface area contributed by atoms with Crippen LogP contribution in [0.15, 0.2) is 30.3 Å². The summed E-state index contributed by atoms with van der Waals surface area (Å²) in [5.41, 5.74) is 0.632. The van der Waals surface area contributed by atoms with Gasteiger partial charge in [0.05, 0.1) is 0 Å². The summed E-state index contributed by atoms with van der Waals surface area (Å²) in [6.07, 6.45) is 1.96. The zero-order chi connectivity index (χ0) is 14.4. The molecule has 2 nitrogen and oxygen atoms in total. The Balaban J connectivity index is 2.94. The summed E-state index contributed by atoms with van der Waals surface area (Å²) in [4.78, 5) is 11.6. The molecule has 0 saturated heterocycles. The predicted molar refractivity (Wildman–Crippen MR) is 78.7 cm³/mol. The van der Waals surface area contributed by atoms with Crippen LogP contribution in [0, 0.1) is 0 Å². The van der Waals surface area contributed by atoms with Crippen molar-refractivity contribution in [2.75, 3.05) is 0 Å². The van der Waals surface area contributed by atoms with Crippen LogP contribution in [0.4, 0.5) is 0 Å². The number of hydrogen-bond donors (Lipinski definition) is 0. The fraction of sp³-hybridized carbons (Fsp3) is 0.600. The molecule has 0 spiro atoms. The van der Waals surface area contributed by atoms with Gasteiger partial charge in [0.25, 0.3) is 0 Å². The monoisotopic (exact) mass is 516 g/mol. The van der Waals surface area contributed by atoms with Crippen molar-refractivity contribution in [2.24, 2.45) is 0 Å². The van der Waals surface area contributed by atoms with Gasteiger partial charge in [-0.3, -0.25) is 0 Å². The normalized spacial score (nSPS) is 14.8. The van der Waals surface area contributed by atoms with E-state index in [2.05, 4.69) is 43.1 Å². The Hall–Kier alpha value is 0.555. The molecule has 0 bridgehead atoms. The van der Waals surface area contributed by atoms with Gasteiger partial charge in [-0.2, -0.15) is 0 Å². The molecule has 0 aromatic heterocycles. The van der Waals surface area contributed by atoms with E-state index in [1.165, 1.54) is 9.49 Å². The van der Waals surface area contributed by atoms with E-state index in [0.29, 0.717) is 0 Å². The third kappa shape index (κ3) is 5.82. The zero-order valence-electron chi connectivity index (χ0n) is 12.4. The van der Waals surface area contributed by atoms with E-state index in [1.54, 1.807) is 0 Å². The summed E-state index contributed by atoms with van der Waals surface area (Å²) in [6.45, 7) is 8.22. The molecular formula is C15H23BrHgO2. The summed E-state index contributed by atoms with van der Waals surface area (Å²) < 4.78 is 1.27. The van der Waals surface area contributed by atoms with Gasteiger partial charge in [-0.15, -0.1) is 0 Å². The van der Waals surface area contributed by atoms with Crippen LogP contribution in [0.2, 0.25) is 3.93 Å². The fourth-order valence-corrected chi connectivity index (χ4v) is 7.17. The Bertz CT molecular complexity index is 364. The summed E-state index contributed by atoms with van der Waals surface area (Å²) in [7, 11) is 0. The second-order valence-corrected chi connectivity index (χ2v) is 17.0. The van der Waals surface area contributed by atoms with Crippen molar-refractivity contribution < 1.29 is 31.9 Å². The average molecular weight is 516 g/mol. The molecule has 1 aromatic carbocycles. The molecule has 1 rings (SSSR count). The molecule has 0 N–H and O–H groups in total.